The molecular formula is C24H22FN3O2. The number of fused-ring (bicyclic) bond motifs is 3. The van der Waals surface area contributed by atoms with E-state index in [1.165, 1.54) is 28.3 Å². The van der Waals surface area contributed by atoms with Gasteiger partial charge in [0.25, 0.3) is 0 Å². The fourth-order valence-corrected chi connectivity index (χ4v) is 3.71. The molecule has 5 nitrogen and oxygen atoms in total. The number of nitrogens with two attached hydrogens (primary N) is 1. The van der Waals surface area contributed by atoms with Crippen molar-refractivity contribution in [1.82, 2.24) is 10.3 Å². The van der Waals surface area contributed by atoms with Crippen molar-refractivity contribution in [1.29, 1.82) is 0 Å². The van der Waals surface area contributed by atoms with Crippen LogP contribution in [0.25, 0.3) is 17.2 Å². The molecule has 0 saturated carbocycles. The number of hydrogen-bond acceptors (Lipinski definition) is 4. The van der Waals surface area contributed by atoms with Crippen LogP contribution < -0.4 is 11.1 Å². The molecule has 0 fully saturated rings. The fourth-order valence-electron chi connectivity index (χ4n) is 3.71. The highest BCUT2D eigenvalue weighted by Crippen LogP contribution is 2.44. The minimum absolute atomic E-state index is 0.0376. The van der Waals surface area contributed by atoms with Crippen molar-refractivity contribution >= 4 is 17.9 Å². The second-order valence-electron chi connectivity index (χ2n) is 7.07. The van der Waals surface area contributed by atoms with Gasteiger partial charge in [-0.1, -0.05) is 54.6 Å². The van der Waals surface area contributed by atoms with E-state index in [0.717, 1.165) is 6.20 Å². The van der Waals surface area contributed by atoms with E-state index in [-0.39, 0.29) is 18.2 Å². The third kappa shape index (κ3) is 4.17. The number of nitrogens with zero attached hydrogens (tertiary/aromatic N) is 1. The number of rotatable bonds is 6. The van der Waals surface area contributed by atoms with E-state index in [1.807, 2.05) is 30.3 Å². The van der Waals surface area contributed by atoms with E-state index in [9.17, 15) is 9.18 Å². The molecule has 0 unspecified atom stereocenters. The number of benzene rings is 2. The molecule has 152 valence electrons. The first-order valence-electron chi connectivity index (χ1n) is 9.80. The van der Waals surface area contributed by atoms with Gasteiger partial charge < -0.3 is 15.8 Å². The number of halogens is 1. The first kappa shape index (κ1) is 19.6. The van der Waals surface area contributed by atoms with Gasteiger partial charge in [0.2, 0.25) is 0 Å². The second-order valence-corrected chi connectivity index (χ2v) is 7.07. The minimum atomic E-state index is -0.471. The van der Waals surface area contributed by atoms with Crippen LogP contribution >= 0.6 is 0 Å². The standard InChI is InChI=1S/C24H22FN3O2/c25-16-13-22(26)23(28-14-16)11-5-6-12-27-24(29)30-15-21-19-9-3-1-7-17(19)18-8-2-4-10-20(18)21/h1-5,7-11,13-14,21H,6,12,15,26H2,(H,27,29). The number of aromatic nitrogens is 1. The highest BCUT2D eigenvalue weighted by Gasteiger charge is 2.28. The van der Waals surface area contributed by atoms with Crippen LogP contribution in [-0.4, -0.2) is 24.2 Å². The highest BCUT2D eigenvalue weighted by atomic mass is 19.1. The molecule has 0 radical (unpaired) electrons. The lowest BCUT2D eigenvalue weighted by atomic mass is 9.98. The second kappa shape index (κ2) is 8.78. The Morgan fingerprint density at radius 1 is 1.13 bits per heavy atom. The lowest BCUT2D eigenvalue weighted by Gasteiger charge is -2.14. The van der Waals surface area contributed by atoms with E-state index in [1.54, 1.807) is 6.08 Å². The van der Waals surface area contributed by atoms with Crippen molar-refractivity contribution in [3.63, 3.8) is 0 Å². The van der Waals surface area contributed by atoms with Crippen LogP contribution in [0.3, 0.4) is 0 Å². The number of nitrogens with one attached hydrogen (secondary N) is 1. The average molecular weight is 403 g/mol. The number of alkyl carbamates (subject to hydrolysis) is 1. The summed E-state index contributed by atoms with van der Waals surface area (Å²) in [6.07, 6.45) is 4.76. The lowest BCUT2D eigenvalue weighted by molar-refractivity contribution is 0.143. The molecule has 3 aromatic rings. The van der Waals surface area contributed by atoms with Crippen molar-refractivity contribution in [2.45, 2.75) is 12.3 Å². The van der Waals surface area contributed by atoms with Crippen LogP contribution in [0.5, 0.6) is 0 Å². The summed E-state index contributed by atoms with van der Waals surface area (Å²) in [5.74, 6) is -0.433. The normalized spacial score (nSPS) is 12.6. The van der Waals surface area contributed by atoms with Gasteiger partial charge in [-0.15, -0.1) is 0 Å². The van der Waals surface area contributed by atoms with E-state index >= 15 is 0 Å². The van der Waals surface area contributed by atoms with Gasteiger partial charge in [-0.25, -0.2) is 9.18 Å². The van der Waals surface area contributed by atoms with Gasteiger partial charge in [-0.2, -0.15) is 0 Å². The number of pyridine rings is 1. The maximum Gasteiger partial charge on any atom is 0.407 e. The summed E-state index contributed by atoms with van der Waals surface area (Å²) >= 11 is 0. The third-order valence-corrected chi connectivity index (χ3v) is 5.12. The quantitative estimate of drug-likeness (QED) is 0.583. The summed E-state index contributed by atoms with van der Waals surface area (Å²) in [4.78, 5) is 16.0. The molecule has 1 amide bonds. The zero-order valence-corrected chi connectivity index (χ0v) is 16.3. The van der Waals surface area contributed by atoms with Gasteiger partial charge in [-0.3, -0.25) is 4.98 Å². The summed E-state index contributed by atoms with van der Waals surface area (Å²) in [5, 5.41) is 2.74. The van der Waals surface area contributed by atoms with Gasteiger partial charge in [-0.05, 0) is 34.8 Å². The highest BCUT2D eigenvalue weighted by molar-refractivity contribution is 5.79. The number of carbonyl (C=O) groups is 1. The Morgan fingerprint density at radius 2 is 1.80 bits per heavy atom. The van der Waals surface area contributed by atoms with Gasteiger partial charge >= 0.3 is 6.09 Å². The van der Waals surface area contributed by atoms with Crippen LogP contribution in [0, 0.1) is 5.82 Å². The molecule has 1 aliphatic carbocycles. The molecule has 6 heteroatoms. The lowest BCUT2D eigenvalue weighted by Crippen LogP contribution is -2.26. The molecule has 1 aromatic heterocycles. The number of ether oxygens (including phenoxy) is 1. The molecule has 0 bridgehead atoms. The van der Waals surface area contributed by atoms with E-state index in [0.29, 0.717) is 18.7 Å². The molecule has 3 N–H and O–H groups in total. The minimum Gasteiger partial charge on any atom is -0.449 e. The zero-order valence-electron chi connectivity index (χ0n) is 16.3. The molecule has 4 rings (SSSR count). The summed E-state index contributed by atoms with van der Waals surface area (Å²) in [6.45, 7) is 0.694. The Kier molecular flexibility index (Phi) is 5.75. The Bertz CT molecular complexity index is 1050. The predicted molar refractivity (Wildman–Crippen MR) is 115 cm³/mol. The molecule has 30 heavy (non-hydrogen) atoms. The zero-order chi connectivity index (χ0) is 20.9. The van der Waals surface area contributed by atoms with Crippen LogP contribution in [0.1, 0.15) is 29.2 Å². The van der Waals surface area contributed by atoms with Crippen molar-refractivity contribution in [2.24, 2.45) is 0 Å². The maximum absolute atomic E-state index is 13.0. The Balaban J connectivity index is 1.28. The van der Waals surface area contributed by atoms with Crippen LogP contribution in [-0.2, 0) is 4.74 Å². The number of hydrogen-bond donors (Lipinski definition) is 2. The van der Waals surface area contributed by atoms with Crippen molar-refractivity contribution < 1.29 is 13.9 Å². The molecule has 0 aliphatic heterocycles. The van der Waals surface area contributed by atoms with Crippen LogP contribution in [0.15, 0.2) is 66.9 Å². The van der Waals surface area contributed by atoms with Gasteiger partial charge in [0.15, 0.2) is 0 Å². The molecule has 0 saturated heterocycles. The first-order chi connectivity index (χ1) is 14.6. The Morgan fingerprint density at radius 3 is 2.47 bits per heavy atom. The topological polar surface area (TPSA) is 77.2 Å². The smallest absolute Gasteiger partial charge is 0.407 e. The van der Waals surface area contributed by atoms with Gasteiger partial charge in [0.05, 0.1) is 17.6 Å². The van der Waals surface area contributed by atoms with E-state index in [2.05, 4.69) is 34.6 Å². The Labute approximate surface area is 174 Å². The average Bonchev–Trinajstić information content (AvgIpc) is 3.07. The predicted octanol–water partition coefficient (Wildman–Crippen LogP) is 4.74. The molecular weight excluding hydrogens is 381 g/mol. The number of carbonyl (C=O) groups excluding carboxylic acids is 1. The number of anilines is 1. The summed E-state index contributed by atoms with van der Waals surface area (Å²) in [6, 6.07) is 17.7. The SMILES string of the molecule is Nc1cc(F)cnc1C=CCCNC(=O)OCC1c2ccccc2-c2ccccc21. The number of amides is 1. The molecule has 2 aromatic carbocycles. The molecule has 0 spiro atoms. The summed E-state index contributed by atoms with van der Waals surface area (Å²) < 4.78 is 18.5. The van der Waals surface area contributed by atoms with Gasteiger partial charge in [0.1, 0.15) is 12.4 Å². The molecule has 1 heterocycles. The third-order valence-electron chi connectivity index (χ3n) is 5.12. The Hall–Kier alpha value is -3.67. The van der Waals surface area contributed by atoms with Gasteiger partial charge in [0, 0.05) is 18.5 Å². The molecule has 1 aliphatic rings. The van der Waals surface area contributed by atoms with Crippen LogP contribution in [0.2, 0.25) is 0 Å². The summed E-state index contributed by atoms with van der Waals surface area (Å²) in [7, 11) is 0. The van der Waals surface area contributed by atoms with Crippen molar-refractivity contribution in [3.05, 3.63) is 89.5 Å². The number of nitrogen functional groups attached to an aromatic ring is 1. The van der Waals surface area contributed by atoms with Crippen LogP contribution in [0.4, 0.5) is 14.9 Å². The first-order valence-corrected chi connectivity index (χ1v) is 9.80. The fraction of sp³-hybridized carbons (Fsp3) is 0.167. The van der Waals surface area contributed by atoms with Crippen molar-refractivity contribution in [3.8, 4) is 11.1 Å². The van der Waals surface area contributed by atoms with Crippen molar-refractivity contribution in [2.75, 3.05) is 18.9 Å². The summed E-state index contributed by atoms with van der Waals surface area (Å²) in [5.41, 5.74) is 11.2. The van der Waals surface area contributed by atoms with E-state index in [4.69, 9.17) is 10.5 Å². The molecule has 0 atom stereocenters. The monoisotopic (exact) mass is 403 g/mol. The maximum atomic E-state index is 13.0. The largest absolute Gasteiger partial charge is 0.449 e. The van der Waals surface area contributed by atoms with E-state index < -0.39 is 11.9 Å².